The van der Waals surface area contributed by atoms with Crippen LogP contribution in [0.3, 0.4) is 0 Å². The highest BCUT2D eigenvalue weighted by Gasteiger charge is 2.22. The summed E-state index contributed by atoms with van der Waals surface area (Å²) in [6, 6.07) is 44.0. The van der Waals surface area contributed by atoms with Crippen molar-refractivity contribution in [3.05, 3.63) is 145 Å². The third-order valence-electron chi connectivity index (χ3n) is 9.38. The van der Waals surface area contributed by atoms with Crippen LogP contribution in [0, 0.1) is 11.6 Å². The van der Waals surface area contributed by atoms with E-state index in [1.54, 1.807) is 0 Å². The lowest BCUT2D eigenvalue weighted by Gasteiger charge is -2.13. The number of rotatable bonds is 3. The van der Waals surface area contributed by atoms with Gasteiger partial charge in [-0.25, -0.2) is 8.78 Å². The Balaban J connectivity index is 1.30. The molecule has 0 spiro atoms. The van der Waals surface area contributed by atoms with Gasteiger partial charge in [-0.05, 0) is 105 Å². The number of halogens is 2. The molecule has 0 aliphatic rings. The number of nitrogens with zero attached hydrogens (tertiary/aromatic N) is 2. The summed E-state index contributed by atoms with van der Waals surface area (Å²) in [5.41, 5.74) is 8.63. The van der Waals surface area contributed by atoms with Gasteiger partial charge in [-0.2, -0.15) is 0 Å². The van der Waals surface area contributed by atoms with Gasteiger partial charge in [0.05, 0.1) is 22.1 Å². The van der Waals surface area contributed by atoms with Crippen LogP contribution in [0.5, 0.6) is 0 Å². The van der Waals surface area contributed by atoms with Gasteiger partial charge in [-0.15, -0.1) is 0 Å². The summed E-state index contributed by atoms with van der Waals surface area (Å²) >= 11 is 0. The molecule has 2 heterocycles. The average molecular weight is 569 g/mol. The number of hydrogen-bond donors (Lipinski definition) is 0. The van der Waals surface area contributed by atoms with Crippen molar-refractivity contribution in [1.82, 2.24) is 9.13 Å². The molecule has 2 nitrogen and oxygen atoms in total. The zero-order chi connectivity index (χ0) is 29.1. The normalized spacial score (nSPS) is 12.3. The molecule has 0 unspecified atom stereocenters. The first-order valence-corrected chi connectivity index (χ1v) is 14.7. The molecule has 0 fully saturated rings. The van der Waals surface area contributed by atoms with Crippen molar-refractivity contribution in [3.8, 4) is 22.5 Å². The summed E-state index contributed by atoms with van der Waals surface area (Å²) in [4.78, 5) is 0. The second kappa shape index (κ2) is 8.42. The van der Waals surface area contributed by atoms with Crippen molar-refractivity contribution in [3.63, 3.8) is 0 Å². The van der Waals surface area contributed by atoms with Gasteiger partial charge in [0.15, 0.2) is 0 Å². The summed E-state index contributed by atoms with van der Waals surface area (Å²) in [6.07, 6.45) is 0. The average Bonchev–Trinajstić information content (AvgIpc) is 3.58. The molecule has 0 aliphatic heterocycles. The molecular formula is C40H22F2N2. The SMILES string of the molecule is Fc1ccc(-n2c3cccc4ccc5c(-c6ccc7c8c6ccc6cccc(c68)n7-c6ccc(F)cc6)ccc2c5c43)cc1. The standard InChI is InChI=1S/C40H22F2N2/c41-25-9-13-27(14-10-25)43-33-5-1-3-23-7-17-31-29(19-21-35(43)39(31)37(23)33)30-20-22-36-40-32(30)18-8-24-4-2-6-34(38(24)40)44(36)28-15-11-26(42)12-16-28/h1-22H. The Morgan fingerprint density at radius 1 is 0.341 bits per heavy atom. The van der Waals surface area contributed by atoms with Crippen molar-refractivity contribution in [2.45, 2.75) is 0 Å². The maximum atomic E-state index is 13.9. The topological polar surface area (TPSA) is 9.86 Å². The van der Waals surface area contributed by atoms with Crippen molar-refractivity contribution in [1.29, 1.82) is 0 Å². The van der Waals surface area contributed by atoms with E-state index >= 15 is 0 Å². The molecule has 206 valence electrons. The molecule has 0 amide bonds. The molecule has 2 aromatic heterocycles. The Hall–Kier alpha value is -5.74. The zero-order valence-electron chi connectivity index (χ0n) is 23.4. The predicted octanol–water partition coefficient (Wildman–Crippen LogP) is 11.0. The molecule has 0 atom stereocenters. The molecule has 0 saturated carbocycles. The second-order valence-corrected chi connectivity index (χ2v) is 11.6. The largest absolute Gasteiger partial charge is 0.309 e. The molecule has 8 aromatic carbocycles. The summed E-state index contributed by atoms with van der Waals surface area (Å²) in [6.45, 7) is 0. The second-order valence-electron chi connectivity index (χ2n) is 11.6. The maximum absolute atomic E-state index is 13.9. The molecule has 4 heteroatoms. The maximum Gasteiger partial charge on any atom is 0.123 e. The van der Waals surface area contributed by atoms with Crippen LogP contribution >= 0.6 is 0 Å². The highest BCUT2D eigenvalue weighted by atomic mass is 19.1. The monoisotopic (exact) mass is 568 g/mol. The number of benzene rings is 8. The molecule has 10 aromatic rings. The molecular weight excluding hydrogens is 546 g/mol. The zero-order valence-corrected chi connectivity index (χ0v) is 23.4. The summed E-state index contributed by atoms with van der Waals surface area (Å²) in [7, 11) is 0. The molecule has 0 radical (unpaired) electrons. The van der Waals surface area contributed by atoms with E-state index < -0.39 is 0 Å². The Morgan fingerprint density at radius 2 is 0.750 bits per heavy atom. The fourth-order valence-corrected chi connectivity index (χ4v) is 7.58. The van der Waals surface area contributed by atoms with Gasteiger partial charge in [-0.3, -0.25) is 0 Å². The van der Waals surface area contributed by atoms with E-state index in [2.05, 4.69) is 94.1 Å². The van der Waals surface area contributed by atoms with Crippen LogP contribution in [0.4, 0.5) is 8.78 Å². The first-order chi connectivity index (χ1) is 21.7. The van der Waals surface area contributed by atoms with Gasteiger partial charge in [0.1, 0.15) is 11.6 Å². The predicted molar refractivity (Wildman–Crippen MR) is 178 cm³/mol. The van der Waals surface area contributed by atoms with Crippen molar-refractivity contribution < 1.29 is 8.78 Å². The van der Waals surface area contributed by atoms with Gasteiger partial charge in [0, 0.05) is 32.9 Å². The van der Waals surface area contributed by atoms with Crippen LogP contribution in [0.15, 0.2) is 133 Å². The van der Waals surface area contributed by atoms with Gasteiger partial charge in [-0.1, -0.05) is 60.7 Å². The van der Waals surface area contributed by atoms with E-state index in [9.17, 15) is 8.78 Å². The van der Waals surface area contributed by atoms with Crippen LogP contribution in [-0.2, 0) is 0 Å². The van der Waals surface area contributed by atoms with Gasteiger partial charge >= 0.3 is 0 Å². The lowest BCUT2D eigenvalue weighted by atomic mass is 9.90. The van der Waals surface area contributed by atoms with Crippen molar-refractivity contribution in [2.75, 3.05) is 0 Å². The van der Waals surface area contributed by atoms with Crippen LogP contribution < -0.4 is 0 Å². The smallest absolute Gasteiger partial charge is 0.123 e. The van der Waals surface area contributed by atoms with Crippen molar-refractivity contribution in [2.24, 2.45) is 0 Å². The van der Waals surface area contributed by atoms with Crippen LogP contribution in [0.2, 0.25) is 0 Å². The quantitative estimate of drug-likeness (QED) is 0.188. The first-order valence-electron chi connectivity index (χ1n) is 14.7. The Bertz CT molecular complexity index is 2520. The molecule has 0 aliphatic carbocycles. The van der Waals surface area contributed by atoms with Crippen LogP contribution in [-0.4, -0.2) is 9.13 Å². The summed E-state index contributed by atoms with van der Waals surface area (Å²) in [5.74, 6) is -0.490. The highest BCUT2D eigenvalue weighted by molar-refractivity contribution is 6.30. The molecule has 0 bridgehead atoms. The van der Waals surface area contributed by atoms with Gasteiger partial charge in [0.2, 0.25) is 0 Å². The van der Waals surface area contributed by atoms with Crippen LogP contribution in [0.25, 0.3) is 87.7 Å². The molecule has 44 heavy (non-hydrogen) atoms. The minimum atomic E-state index is -0.245. The Morgan fingerprint density at radius 3 is 1.18 bits per heavy atom. The van der Waals surface area contributed by atoms with E-state index in [-0.39, 0.29) is 11.6 Å². The molecule has 0 saturated heterocycles. The van der Waals surface area contributed by atoms with Gasteiger partial charge in [0.25, 0.3) is 0 Å². The minimum Gasteiger partial charge on any atom is -0.309 e. The molecule has 0 N–H and O–H groups in total. The summed E-state index contributed by atoms with van der Waals surface area (Å²) < 4.78 is 32.3. The molecule has 10 rings (SSSR count). The Kier molecular flexibility index (Phi) is 4.55. The van der Waals surface area contributed by atoms with E-state index in [4.69, 9.17) is 0 Å². The highest BCUT2D eigenvalue weighted by Crippen LogP contribution is 2.46. The van der Waals surface area contributed by atoms with E-state index in [0.29, 0.717) is 0 Å². The fraction of sp³-hybridized carbons (Fsp3) is 0. The lowest BCUT2D eigenvalue weighted by Crippen LogP contribution is -1.94. The van der Waals surface area contributed by atoms with E-state index in [1.165, 1.54) is 78.5 Å². The lowest BCUT2D eigenvalue weighted by molar-refractivity contribution is 0.627. The van der Waals surface area contributed by atoms with Crippen molar-refractivity contribution >= 4 is 65.2 Å². The minimum absolute atomic E-state index is 0.245. The third kappa shape index (κ3) is 3.02. The summed E-state index contributed by atoms with van der Waals surface area (Å²) in [5, 5.41) is 9.58. The number of hydrogen-bond acceptors (Lipinski definition) is 0. The third-order valence-corrected chi connectivity index (χ3v) is 9.38. The fourth-order valence-electron chi connectivity index (χ4n) is 7.58. The van der Waals surface area contributed by atoms with E-state index in [1.807, 2.05) is 24.3 Å². The Labute approximate surface area is 250 Å². The van der Waals surface area contributed by atoms with Crippen LogP contribution in [0.1, 0.15) is 0 Å². The number of aromatic nitrogens is 2. The first kappa shape index (κ1) is 23.8. The van der Waals surface area contributed by atoms with E-state index in [0.717, 1.165) is 33.4 Å². The van der Waals surface area contributed by atoms with Gasteiger partial charge < -0.3 is 9.13 Å².